The summed E-state index contributed by atoms with van der Waals surface area (Å²) in [5.41, 5.74) is 3.37. The third-order valence-electron chi connectivity index (χ3n) is 4.84. The number of hydrogen-bond donors (Lipinski definition) is 1. The molecule has 1 atom stereocenters. The normalized spacial score (nSPS) is 11.9. The Balaban J connectivity index is 2.13. The highest BCUT2D eigenvalue weighted by Crippen LogP contribution is 2.21. The lowest BCUT2D eigenvalue weighted by Gasteiger charge is -2.29. The number of benzene rings is 2. The zero-order valence-electron chi connectivity index (χ0n) is 18.1. The van der Waals surface area contributed by atoms with E-state index in [9.17, 15) is 9.59 Å². The van der Waals surface area contributed by atoms with Crippen LogP contribution >= 0.6 is 11.8 Å². The summed E-state index contributed by atoms with van der Waals surface area (Å²) in [4.78, 5) is 28.5. The predicted molar refractivity (Wildman–Crippen MR) is 121 cm³/mol. The predicted octanol–water partition coefficient (Wildman–Crippen LogP) is 4.59. The molecule has 0 spiro atoms. The van der Waals surface area contributed by atoms with E-state index in [0.717, 1.165) is 16.0 Å². The van der Waals surface area contributed by atoms with E-state index in [4.69, 9.17) is 0 Å². The van der Waals surface area contributed by atoms with Crippen LogP contribution in [0.2, 0.25) is 0 Å². The van der Waals surface area contributed by atoms with Crippen LogP contribution in [-0.2, 0) is 16.1 Å². The molecule has 0 aliphatic heterocycles. The Kier molecular flexibility index (Phi) is 8.77. The van der Waals surface area contributed by atoms with Crippen LogP contribution in [0.5, 0.6) is 0 Å². The minimum atomic E-state index is -0.528. The Labute approximate surface area is 179 Å². The van der Waals surface area contributed by atoms with Gasteiger partial charge < -0.3 is 10.2 Å². The number of rotatable bonds is 9. The van der Waals surface area contributed by atoms with Gasteiger partial charge >= 0.3 is 0 Å². The Morgan fingerprint density at radius 2 is 1.66 bits per heavy atom. The molecule has 0 unspecified atom stereocenters. The molecule has 0 heterocycles. The van der Waals surface area contributed by atoms with Gasteiger partial charge in [-0.3, -0.25) is 9.59 Å². The second-order valence-corrected chi connectivity index (χ2v) is 8.91. The molecule has 2 rings (SSSR count). The molecule has 1 N–H and O–H groups in total. The smallest absolute Gasteiger partial charge is 0.242 e. The largest absolute Gasteiger partial charge is 0.354 e. The van der Waals surface area contributed by atoms with Crippen molar-refractivity contribution in [1.29, 1.82) is 0 Å². The highest BCUT2D eigenvalue weighted by Gasteiger charge is 2.26. The van der Waals surface area contributed by atoms with Gasteiger partial charge in [-0.05, 0) is 49.9 Å². The SMILES string of the molecule is Cc1ccc(SCC(=O)N(Cc2ccccc2C)[C@H](C)C(=O)NCC(C)C)cc1. The molecule has 2 aromatic carbocycles. The zero-order valence-corrected chi connectivity index (χ0v) is 18.9. The van der Waals surface area contributed by atoms with E-state index in [1.807, 2.05) is 69.3 Å². The van der Waals surface area contributed by atoms with Crippen molar-refractivity contribution in [2.45, 2.75) is 52.1 Å². The Morgan fingerprint density at radius 1 is 1.00 bits per heavy atom. The monoisotopic (exact) mass is 412 g/mol. The van der Waals surface area contributed by atoms with E-state index in [1.54, 1.807) is 4.90 Å². The van der Waals surface area contributed by atoms with Crippen LogP contribution in [0, 0.1) is 19.8 Å². The van der Waals surface area contributed by atoms with Gasteiger partial charge in [0.25, 0.3) is 0 Å². The maximum absolute atomic E-state index is 13.1. The molecule has 156 valence electrons. The van der Waals surface area contributed by atoms with Gasteiger partial charge in [-0.25, -0.2) is 0 Å². The first-order chi connectivity index (χ1) is 13.8. The van der Waals surface area contributed by atoms with Gasteiger partial charge in [0.2, 0.25) is 11.8 Å². The number of aryl methyl sites for hydroxylation is 2. The van der Waals surface area contributed by atoms with Crippen LogP contribution < -0.4 is 5.32 Å². The molecule has 0 fully saturated rings. The minimum Gasteiger partial charge on any atom is -0.354 e. The maximum atomic E-state index is 13.1. The van der Waals surface area contributed by atoms with Crippen LogP contribution in [0.25, 0.3) is 0 Å². The summed E-state index contributed by atoms with van der Waals surface area (Å²) < 4.78 is 0. The molecule has 5 heteroatoms. The molecule has 2 amide bonds. The van der Waals surface area contributed by atoms with Crippen molar-refractivity contribution in [3.8, 4) is 0 Å². The van der Waals surface area contributed by atoms with Crippen LogP contribution in [-0.4, -0.2) is 35.1 Å². The lowest BCUT2D eigenvalue weighted by atomic mass is 10.1. The molecule has 0 saturated heterocycles. The zero-order chi connectivity index (χ0) is 21.4. The average molecular weight is 413 g/mol. The van der Waals surface area contributed by atoms with E-state index in [2.05, 4.69) is 19.2 Å². The summed E-state index contributed by atoms with van der Waals surface area (Å²) >= 11 is 1.50. The number of nitrogens with one attached hydrogen (secondary N) is 1. The first-order valence-electron chi connectivity index (χ1n) is 10.1. The third kappa shape index (κ3) is 7.24. The van der Waals surface area contributed by atoms with Crippen molar-refractivity contribution in [3.63, 3.8) is 0 Å². The van der Waals surface area contributed by atoms with Crippen LogP contribution in [0.3, 0.4) is 0 Å². The van der Waals surface area contributed by atoms with Gasteiger partial charge in [0.1, 0.15) is 6.04 Å². The fourth-order valence-corrected chi connectivity index (χ4v) is 3.65. The molecule has 0 aliphatic carbocycles. The number of carbonyl (C=O) groups is 2. The number of amides is 2. The summed E-state index contributed by atoms with van der Waals surface area (Å²) in [6.07, 6.45) is 0. The van der Waals surface area contributed by atoms with Crippen LogP contribution in [0.15, 0.2) is 53.4 Å². The van der Waals surface area contributed by atoms with E-state index < -0.39 is 6.04 Å². The lowest BCUT2D eigenvalue weighted by Crippen LogP contribution is -2.48. The van der Waals surface area contributed by atoms with Crippen molar-refractivity contribution < 1.29 is 9.59 Å². The number of nitrogens with zero attached hydrogens (tertiary/aromatic N) is 1. The molecular weight excluding hydrogens is 380 g/mol. The molecule has 0 aromatic heterocycles. The number of hydrogen-bond acceptors (Lipinski definition) is 3. The summed E-state index contributed by atoms with van der Waals surface area (Å²) in [6.45, 7) is 11.0. The fraction of sp³-hybridized carbons (Fsp3) is 0.417. The topological polar surface area (TPSA) is 49.4 Å². The van der Waals surface area contributed by atoms with Gasteiger partial charge in [0.05, 0.1) is 5.75 Å². The molecule has 0 bridgehead atoms. The summed E-state index contributed by atoms with van der Waals surface area (Å²) in [7, 11) is 0. The molecule has 0 aliphatic rings. The van der Waals surface area contributed by atoms with Crippen molar-refractivity contribution in [1.82, 2.24) is 10.2 Å². The molecular formula is C24H32N2O2S. The minimum absolute atomic E-state index is 0.0361. The standard InChI is InChI=1S/C24H32N2O2S/c1-17(2)14-25-24(28)20(5)26(15-21-9-7-6-8-19(21)4)23(27)16-29-22-12-10-18(3)11-13-22/h6-13,17,20H,14-16H2,1-5H3,(H,25,28)/t20-/m1/s1. The molecule has 4 nitrogen and oxygen atoms in total. The average Bonchev–Trinajstić information content (AvgIpc) is 2.70. The highest BCUT2D eigenvalue weighted by molar-refractivity contribution is 8.00. The van der Waals surface area contributed by atoms with Gasteiger partial charge in [-0.2, -0.15) is 0 Å². The third-order valence-corrected chi connectivity index (χ3v) is 5.83. The Morgan fingerprint density at radius 3 is 2.28 bits per heavy atom. The van der Waals surface area contributed by atoms with Crippen molar-refractivity contribution in [3.05, 3.63) is 65.2 Å². The van der Waals surface area contributed by atoms with Crippen molar-refractivity contribution >= 4 is 23.6 Å². The Bertz CT molecular complexity index is 818. The van der Waals surface area contributed by atoms with Gasteiger partial charge in [0, 0.05) is 18.0 Å². The van der Waals surface area contributed by atoms with Crippen molar-refractivity contribution in [2.75, 3.05) is 12.3 Å². The van der Waals surface area contributed by atoms with E-state index in [0.29, 0.717) is 24.8 Å². The second kappa shape index (κ2) is 11.1. The van der Waals surface area contributed by atoms with Crippen LogP contribution in [0.1, 0.15) is 37.5 Å². The highest BCUT2D eigenvalue weighted by atomic mass is 32.2. The van der Waals surface area contributed by atoms with E-state index >= 15 is 0 Å². The van der Waals surface area contributed by atoms with E-state index in [1.165, 1.54) is 17.3 Å². The second-order valence-electron chi connectivity index (χ2n) is 7.86. The summed E-state index contributed by atoms with van der Waals surface area (Å²) in [6, 6.07) is 15.6. The van der Waals surface area contributed by atoms with Gasteiger partial charge in [-0.1, -0.05) is 55.8 Å². The quantitative estimate of drug-likeness (QED) is 0.613. The molecule has 0 radical (unpaired) electrons. The molecule has 29 heavy (non-hydrogen) atoms. The fourth-order valence-electron chi connectivity index (χ4n) is 2.87. The van der Waals surface area contributed by atoms with Gasteiger partial charge in [-0.15, -0.1) is 11.8 Å². The summed E-state index contributed by atoms with van der Waals surface area (Å²) in [5.74, 6) is 0.521. The van der Waals surface area contributed by atoms with E-state index in [-0.39, 0.29) is 11.8 Å². The Hall–Kier alpha value is -2.27. The maximum Gasteiger partial charge on any atom is 0.242 e. The summed E-state index contributed by atoms with van der Waals surface area (Å²) in [5, 5.41) is 2.96. The lowest BCUT2D eigenvalue weighted by molar-refractivity contribution is -0.138. The molecule has 2 aromatic rings. The number of carbonyl (C=O) groups excluding carboxylic acids is 2. The molecule has 0 saturated carbocycles. The van der Waals surface area contributed by atoms with Crippen molar-refractivity contribution in [2.24, 2.45) is 5.92 Å². The number of thioether (sulfide) groups is 1. The van der Waals surface area contributed by atoms with Crippen LogP contribution in [0.4, 0.5) is 0 Å². The first kappa shape index (κ1) is 23.0. The van der Waals surface area contributed by atoms with Gasteiger partial charge in [0.15, 0.2) is 0 Å². The first-order valence-corrected chi connectivity index (χ1v) is 11.1.